The molecule has 2 atom stereocenters. The first kappa shape index (κ1) is 62.2. The first-order valence-corrected chi connectivity index (χ1v) is 37.7. The van der Waals surface area contributed by atoms with Gasteiger partial charge in [0.15, 0.2) is 11.3 Å². The Labute approximate surface area is 471 Å². The van der Waals surface area contributed by atoms with Crippen LogP contribution >= 0.6 is 0 Å². The number of rotatable bonds is 25. The fraction of sp³-hybridized carbons (Fsp3) is 0.472. The molecule has 0 radical (unpaired) electrons. The topological polar surface area (TPSA) is 271 Å². The van der Waals surface area contributed by atoms with E-state index >= 15 is 0 Å². The van der Waals surface area contributed by atoms with Crippen molar-refractivity contribution in [1.82, 2.24) is 59.3 Å². The van der Waals surface area contributed by atoms with Gasteiger partial charge in [0.05, 0.1) is 71.4 Å². The fourth-order valence-corrected chi connectivity index (χ4v) is 11.6. The molecule has 81 heavy (non-hydrogen) atoms. The van der Waals surface area contributed by atoms with E-state index in [-0.39, 0.29) is 67.2 Å². The Morgan fingerprint density at radius 1 is 0.667 bits per heavy atom. The second-order valence-electron chi connectivity index (χ2n) is 22.7. The number of halogens is 2. The van der Waals surface area contributed by atoms with E-state index in [1.54, 1.807) is 69.5 Å². The minimum Gasteiger partial charge on any atom is -0.394 e. The van der Waals surface area contributed by atoms with Gasteiger partial charge in [-0.1, -0.05) is 39.3 Å². The maximum Gasteiger partial charge on any atom is 0.255 e. The van der Waals surface area contributed by atoms with E-state index in [0.29, 0.717) is 80.1 Å². The molecular weight excluding hydrogens is 1120 g/mol. The van der Waals surface area contributed by atoms with E-state index in [9.17, 15) is 40.3 Å². The Balaban J connectivity index is 0.000000234. The minimum absolute atomic E-state index is 0.0624. The number of nitrogens with zero attached hydrogens (tertiary/aromatic N) is 10. The molecule has 0 saturated carbocycles. The van der Waals surface area contributed by atoms with Crippen LogP contribution in [0, 0.1) is 11.6 Å². The molecule has 6 heterocycles. The highest BCUT2D eigenvalue weighted by molar-refractivity contribution is 7.90. The van der Waals surface area contributed by atoms with Crippen LogP contribution in [-0.4, -0.2) is 168 Å². The molecule has 0 aliphatic carbocycles. The van der Waals surface area contributed by atoms with Crippen LogP contribution in [0.1, 0.15) is 33.6 Å². The zero-order valence-corrected chi connectivity index (χ0v) is 51.2. The molecule has 0 unspecified atom stereocenters. The van der Waals surface area contributed by atoms with Gasteiger partial charge in [-0.3, -0.25) is 19.0 Å². The van der Waals surface area contributed by atoms with Gasteiger partial charge in [-0.05, 0) is 61.3 Å². The van der Waals surface area contributed by atoms with Gasteiger partial charge in [-0.25, -0.2) is 45.6 Å². The Morgan fingerprint density at radius 3 is 1.46 bits per heavy atom. The monoisotopic (exact) mass is 1190 g/mol. The number of carbonyl (C=O) groups is 2. The van der Waals surface area contributed by atoms with Crippen LogP contribution in [0.2, 0.25) is 51.4 Å². The number of ether oxygens (including phenoxy) is 3. The number of aliphatic hydroxyl groups is 1. The molecule has 0 fully saturated rings. The van der Waals surface area contributed by atoms with Gasteiger partial charge in [-0.2, -0.15) is 10.2 Å². The van der Waals surface area contributed by atoms with Gasteiger partial charge >= 0.3 is 0 Å². The predicted molar refractivity (Wildman–Crippen MR) is 313 cm³/mol. The number of methoxy groups -OCH3 is 1. The quantitative estimate of drug-likeness (QED) is 0.0403. The maximum absolute atomic E-state index is 13.9. The van der Waals surface area contributed by atoms with Crippen LogP contribution < -0.4 is 10.6 Å². The highest BCUT2D eigenvalue weighted by atomic mass is 32.2. The first-order chi connectivity index (χ1) is 38.0. The van der Waals surface area contributed by atoms with Crippen molar-refractivity contribution in [3.63, 3.8) is 0 Å². The van der Waals surface area contributed by atoms with Crippen molar-refractivity contribution in [3.05, 3.63) is 83.9 Å². The van der Waals surface area contributed by atoms with Crippen LogP contribution in [0.5, 0.6) is 0 Å². The number of fused-ring (bicyclic) bond motifs is 4. The molecule has 2 amide bonds. The average molecular weight is 1200 g/mol. The Bertz CT molecular complexity index is 3800. The van der Waals surface area contributed by atoms with Crippen molar-refractivity contribution in [2.45, 2.75) is 89.8 Å². The largest absolute Gasteiger partial charge is 0.394 e. The Morgan fingerprint density at radius 2 is 1.07 bits per heavy atom. The van der Waals surface area contributed by atoms with E-state index in [0.717, 1.165) is 24.6 Å². The number of benzene rings is 2. The highest BCUT2D eigenvalue weighted by Crippen LogP contribution is 2.31. The third kappa shape index (κ3) is 16.6. The lowest BCUT2D eigenvalue weighted by molar-refractivity contribution is 0.0873. The zero-order valence-electron chi connectivity index (χ0n) is 47.6. The molecule has 438 valence electrons. The van der Waals surface area contributed by atoms with E-state index in [1.165, 1.54) is 31.4 Å². The van der Waals surface area contributed by atoms with Crippen LogP contribution in [0.15, 0.2) is 61.2 Å². The molecule has 0 spiro atoms. The van der Waals surface area contributed by atoms with Crippen molar-refractivity contribution >= 4 is 91.8 Å². The van der Waals surface area contributed by atoms with Crippen LogP contribution in [0.4, 0.5) is 8.78 Å². The first-order valence-electron chi connectivity index (χ1n) is 26.2. The van der Waals surface area contributed by atoms with Gasteiger partial charge in [-0.15, -0.1) is 0 Å². The zero-order chi connectivity index (χ0) is 59.2. The lowest BCUT2D eigenvalue weighted by Crippen LogP contribution is -2.39. The van der Waals surface area contributed by atoms with Crippen molar-refractivity contribution in [1.29, 1.82) is 0 Å². The van der Waals surface area contributed by atoms with Gasteiger partial charge < -0.3 is 39.1 Å². The summed E-state index contributed by atoms with van der Waals surface area (Å²) in [5.41, 5.74) is 4.96. The van der Waals surface area contributed by atoms with Gasteiger partial charge in [0, 0.05) is 86.2 Å². The molecule has 0 bridgehead atoms. The number of aryl methyl sites for hydroxylation is 2. The van der Waals surface area contributed by atoms with Crippen LogP contribution in [0.3, 0.4) is 0 Å². The maximum atomic E-state index is 13.9. The molecule has 0 saturated heterocycles. The Kier molecular flexibility index (Phi) is 19.8. The summed E-state index contributed by atoms with van der Waals surface area (Å²) >= 11 is 0. The summed E-state index contributed by atoms with van der Waals surface area (Å²) in [5, 5.41) is 25.8. The second-order valence-corrected chi connectivity index (χ2v) is 38.4. The summed E-state index contributed by atoms with van der Waals surface area (Å²) in [4.78, 5) is 45.7. The molecular formula is C53H72F2N12O10S2Si2. The van der Waals surface area contributed by atoms with Crippen molar-refractivity contribution in [2.24, 2.45) is 14.1 Å². The number of nitrogens with one attached hydrogen (secondary N) is 2. The number of sulfone groups is 2. The summed E-state index contributed by atoms with van der Waals surface area (Å²) in [6.07, 6.45) is 8.88. The van der Waals surface area contributed by atoms with Crippen molar-refractivity contribution in [3.8, 4) is 22.8 Å². The normalized spacial score (nSPS) is 13.3. The number of aromatic nitrogens is 10. The van der Waals surface area contributed by atoms with Crippen LogP contribution in [0.25, 0.3) is 66.9 Å². The summed E-state index contributed by atoms with van der Waals surface area (Å²) in [7, 11) is -4.18. The SMILES string of the molecule is COC[C@H](CCS(C)(=O)=O)NC(=O)c1cn(COCC[Si](C)(C)C)c2ncc(-c3nn(C)c4cc(F)ccc34)nc12.Cn1nc(-c2cnc3c(n2)c(C(=O)N[C@H](CO)CCS(C)(=O)=O)cn3COCC[Si](C)(C)C)c2ccc(F)cc21. The lowest BCUT2D eigenvalue weighted by atomic mass is 10.1. The fourth-order valence-electron chi connectivity index (χ4n) is 8.63. The summed E-state index contributed by atoms with van der Waals surface area (Å²) < 4.78 is 98.0. The predicted octanol–water partition coefficient (Wildman–Crippen LogP) is 6.58. The molecule has 8 rings (SSSR count). The number of hydrogen-bond donors (Lipinski definition) is 3. The number of carbonyl (C=O) groups excluding carboxylic acids is 2. The van der Waals surface area contributed by atoms with E-state index < -0.39 is 66.3 Å². The molecule has 22 nitrogen and oxygen atoms in total. The van der Waals surface area contributed by atoms with Crippen molar-refractivity contribution < 1.29 is 54.5 Å². The second kappa shape index (κ2) is 25.8. The number of aliphatic hydroxyl groups excluding tert-OH is 1. The number of hydrogen-bond acceptors (Lipinski definition) is 16. The van der Waals surface area contributed by atoms with Gasteiger partial charge in [0.1, 0.15) is 78.6 Å². The molecule has 0 aliphatic rings. The van der Waals surface area contributed by atoms with Gasteiger partial charge in [0.2, 0.25) is 0 Å². The van der Waals surface area contributed by atoms with Crippen molar-refractivity contribution in [2.75, 3.05) is 57.6 Å². The average Bonchev–Trinajstić information content (AvgIpc) is 4.13. The van der Waals surface area contributed by atoms with Crippen LogP contribution in [-0.2, 0) is 61.4 Å². The third-order valence-corrected chi connectivity index (χ3v) is 18.5. The molecule has 2 aromatic carbocycles. The third-order valence-electron chi connectivity index (χ3n) is 13.1. The van der Waals surface area contributed by atoms with Gasteiger partial charge in [0.25, 0.3) is 11.8 Å². The van der Waals surface area contributed by atoms with E-state index in [2.05, 4.69) is 70.1 Å². The summed E-state index contributed by atoms with van der Waals surface area (Å²) in [6, 6.07) is 9.42. The number of amides is 2. The molecule has 0 aliphatic heterocycles. The van der Waals surface area contributed by atoms with E-state index in [1.807, 2.05) is 0 Å². The standard InChI is InChI=1S/C27H37FN6O5SSi.C26H35FN6O5SSi/c1-33-23-13-18(28)7-8-20(23)24(32-33)22-14-29-26-25(31-22)21(15-34(26)17-39-10-12-41(4,5)6)27(35)30-19(16-38-2)9-11-40(3,36)37;1-32-22-12-17(27)6-7-19(22)23(31-32)21-13-28-25-24(30-21)20(14-33(25)16-38-9-11-40(3,4)5)26(35)29-18(15-34)8-10-39(2,36)37/h7-8,13-15,19H,9-12,16-17H2,1-6H3,(H,30,35);6-7,12-14,18,34H,8-11,15-16H2,1-5H3,(H,29,35)/t19-;18-/m00/s1. The lowest BCUT2D eigenvalue weighted by Gasteiger charge is -2.17. The molecule has 28 heteroatoms. The smallest absolute Gasteiger partial charge is 0.255 e. The molecule has 8 aromatic rings. The Hall–Kier alpha value is -6.41. The molecule has 6 aromatic heterocycles. The molecule has 3 N–H and O–H groups in total. The summed E-state index contributed by atoms with van der Waals surface area (Å²) in [5.74, 6) is -2.00. The minimum atomic E-state index is -3.27. The summed E-state index contributed by atoms with van der Waals surface area (Å²) in [6.45, 7) is 14.8. The van der Waals surface area contributed by atoms with E-state index in [4.69, 9.17) is 24.2 Å². The highest BCUT2D eigenvalue weighted by Gasteiger charge is 2.26.